The van der Waals surface area contributed by atoms with Gasteiger partial charge in [-0.25, -0.2) is 4.79 Å². The van der Waals surface area contributed by atoms with Gasteiger partial charge in [-0.1, -0.05) is 6.07 Å². The molecule has 0 radical (unpaired) electrons. The van der Waals surface area contributed by atoms with E-state index in [-0.39, 0.29) is 28.5 Å². The van der Waals surface area contributed by atoms with Gasteiger partial charge in [0, 0.05) is 12.5 Å². The molecule has 7 heteroatoms. The standard InChI is InChI=1S/C19H17NO6/c1-11-6-8-17(18-13(11)4-3-5-15(18)21)26-19(22)12-7-9-16(25-2)14(10-12)20(23)24/h6-10H,3-5H2,1-2H3. The monoisotopic (exact) mass is 355 g/mol. The third-order valence-electron chi connectivity index (χ3n) is 4.43. The first-order chi connectivity index (χ1) is 12.4. The lowest BCUT2D eigenvalue weighted by molar-refractivity contribution is -0.385. The Morgan fingerprint density at radius 3 is 2.58 bits per heavy atom. The van der Waals surface area contributed by atoms with Crippen molar-refractivity contribution in [1.29, 1.82) is 0 Å². The van der Waals surface area contributed by atoms with E-state index >= 15 is 0 Å². The van der Waals surface area contributed by atoms with Gasteiger partial charge >= 0.3 is 11.7 Å². The van der Waals surface area contributed by atoms with E-state index in [1.165, 1.54) is 19.2 Å². The highest BCUT2D eigenvalue weighted by molar-refractivity contribution is 6.02. The van der Waals surface area contributed by atoms with E-state index in [1.807, 2.05) is 6.92 Å². The molecule has 0 saturated heterocycles. The summed E-state index contributed by atoms with van der Waals surface area (Å²) in [4.78, 5) is 35.3. The number of carbonyl (C=O) groups is 2. The van der Waals surface area contributed by atoms with Crippen molar-refractivity contribution in [3.63, 3.8) is 0 Å². The summed E-state index contributed by atoms with van der Waals surface area (Å²) in [6.07, 6.45) is 1.94. The van der Waals surface area contributed by atoms with Crippen molar-refractivity contribution in [2.45, 2.75) is 26.2 Å². The number of benzene rings is 2. The Kier molecular flexibility index (Phi) is 4.71. The summed E-state index contributed by atoms with van der Waals surface area (Å²) in [6, 6.07) is 7.22. The average Bonchev–Trinajstić information content (AvgIpc) is 2.63. The first-order valence-corrected chi connectivity index (χ1v) is 8.12. The van der Waals surface area contributed by atoms with Crippen molar-refractivity contribution >= 4 is 17.4 Å². The van der Waals surface area contributed by atoms with Crippen molar-refractivity contribution in [3.05, 3.63) is 62.7 Å². The summed E-state index contributed by atoms with van der Waals surface area (Å²) >= 11 is 0. The molecule has 2 aromatic rings. The molecular formula is C19H17NO6. The quantitative estimate of drug-likeness (QED) is 0.359. The van der Waals surface area contributed by atoms with Crippen molar-refractivity contribution in [2.24, 2.45) is 0 Å². The first-order valence-electron chi connectivity index (χ1n) is 8.12. The lowest BCUT2D eigenvalue weighted by Crippen LogP contribution is -2.17. The van der Waals surface area contributed by atoms with Crippen molar-refractivity contribution < 1.29 is 24.0 Å². The van der Waals surface area contributed by atoms with E-state index in [1.54, 1.807) is 12.1 Å². The third kappa shape index (κ3) is 3.15. The SMILES string of the molecule is COc1ccc(C(=O)Oc2ccc(C)c3c2C(=O)CCC3)cc1[N+](=O)[O-]. The molecule has 1 aliphatic carbocycles. The van der Waals surface area contributed by atoms with E-state index < -0.39 is 10.9 Å². The molecule has 0 amide bonds. The van der Waals surface area contributed by atoms with Gasteiger partial charge in [0.15, 0.2) is 11.5 Å². The Labute approximate surface area is 149 Å². The Bertz CT molecular complexity index is 918. The Morgan fingerprint density at radius 1 is 1.15 bits per heavy atom. The number of nitro benzene ring substituents is 1. The number of esters is 1. The molecular weight excluding hydrogens is 338 g/mol. The fourth-order valence-corrected chi connectivity index (χ4v) is 3.11. The zero-order valence-electron chi connectivity index (χ0n) is 14.4. The van der Waals surface area contributed by atoms with Gasteiger partial charge in [0.25, 0.3) is 0 Å². The van der Waals surface area contributed by atoms with Gasteiger partial charge in [0.2, 0.25) is 0 Å². The molecule has 0 fully saturated rings. The molecule has 0 N–H and O–H groups in total. The van der Waals surface area contributed by atoms with Gasteiger partial charge in [0.05, 0.1) is 23.2 Å². The molecule has 0 spiro atoms. The van der Waals surface area contributed by atoms with Crippen LogP contribution in [0.15, 0.2) is 30.3 Å². The van der Waals surface area contributed by atoms with Gasteiger partial charge in [-0.3, -0.25) is 14.9 Å². The maximum Gasteiger partial charge on any atom is 0.343 e. The molecule has 0 heterocycles. The van der Waals surface area contributed by atoms with E-state index in [9.17, 15) is 19.7 Å². The lowest BCUT2D eigenvalue weighted by Gasteiger charge is -2.20. The molecule has 0 atom stereocenters. The minimum Gasteiger partial charge on any atom is -0.490 e. The van der Waals surface area contributed by atoms with E-state index in [0.29, 0.717) is 12.0 Å². The number of fused-ring (bicyclic) bond motifs is 1. The van der Waals surface area contributed by atoms with Crippen LogP contribution in [-0.4, -0.2) is 23.8 Å². The fourth-order valence-electron chi connectivity index (χ4n) is 3.11. The number of nitrogens with zero attached hydrogens (tertiary/aromatic N) is 1. The van der Waals surface area contributed by atoms with Crippen LogP contribution in [0, 0.1) is 17.0 Å². The lowest BCUT2D eigenvalue weighted by atomic mass is 9.87. The smallest absolute Gasteiger partial charge is 0.343 e. The number of Topliss-reactive ketones (excluding diaryl/α,β-unsaturated/α-hetero) is 1. The number of carbonyl (C=O) groups excluding carboxylic acids is 2. The second-order valence-corrected chi connectivity index (χ2v) is 6.04. The topological polar surface area (TPSA) is 95.7 Å². The second kappa shape index (κ2) is 6.95. The van der Waals surface area contributed by atoms with Crippen LogP contribution in [0.25, 0.3) is 0 Å². The predicted molar refractivity (Wildman–Crippen MR) is 93.1 cm³/mol. The Morgan fingerprint density at radius 2 is 1.88 bits per heavy atom. The van der Waals surface area contributed by atoms with Gasteiger partial charge in [0.1, 0.15) is 5.75 Å². The summed E-state index contributed by atoms with van der Waals surface area (Å²) in [7, 11) is 1.31. The predicted octanol–water partition coefficient (Wildman–Crippen LogP) is 3.65. The fraction of sp³-hybridized carbons (Fsp3) is 0.263. The maximum atomic E-state index is 12.5. The molecule has 0 saturated carbocycles. The zero-order chi connectivity index (χ0) is 18.8. The van der Waals surface area contributed by atoms with Gasteiger partial charge in [-0.15, -0.1) is 0 Å². The van der Waals surface area contributed by atoms with Gasteiger partial charge in [-0.2, -0.15) is 0 Å². The van der Waals surface area contributed by atoms with Crippen LogP contribution in [0.5, 0.6) is 11.5 Å². The van der Waals surface area contributed by atoms with Crippen LogP contribution in [0.3, 0.4) is 0 Å². The van der Waals surface area contributed by atoms with Crippen molar-refractivity contribution in [3.8, 4) is 11.5 Å². The second-order valence-electron chi connectivity index (χ2n) is 6.04. The normalized spacial score (nSPS) is 13.1. The third-order valence-corrected chi connectivity index (χ3v) is 4.43. The summed E-state index contributed by atoms with van der Waals surface area (Å²) in [6.45, 7) is 1.91. The van der Waals surface area contributed by atoms with Crippen LogP contribution in [0.1, 0.15) is 44.7 Å². The molecule has 0 aliphatic heterocycles. The number of methoxy groups -OCH3 is 1. The van der Waals surface area contributed by atoms with E-state index in [0.717, 1.165) is 30.0 Å². The number of rotatable bonds is 4. The highest BCUT2D eigenvalue weighted by atomic mass is 16.6. The number of hydrogen-bond acceptors (Lipinski definition) is 6. The zero-order valence-corrected chi connectivity index (χ0v) is 14.4. The maximum absolute atomic E-state index is 12.5. The van der Waals surface area contributed by atoms with E-state index in [4.69, 9.17) is 9.47 Å². The van der Waals surface area contributed by atoms with Crippen LogP contribution < -0.4 is 9.47 Å². The van der Waals surface area contributed by atoms with Crippen LogP contribution >= 0.6 is 0 Å². The van der Waals surface area contributed by atoms with Gasteiger partial charge in [-0.05, 0) is 49.1 Å². The minimum absolute atomic E-state index is 0.00934. The highest BCUT2D eigenvalue weighted by Crippen LogP contribution is 2.33. The Balaban J connectivity index is 1.96. The summed E-state index contributed by atoms with van der Waals surface area (Å²) < 4.78 is 10.3. The number of ketones is 1. The number of nitro groups is 1. The first kappa shape index (κ1) is 17.6. The Hall–Kier alpha value is -3.22. The summed E-state index contributed by atoms with van der Waals surface area (Å²) in [5, 5.41) is 11.1. The molecule has 0 aromatic heterocycles. The summed E-state index contributed by atoms with van der Waals surface area (Å²) in [5.74, 6) is -0.577. The molecule has 0 unspecified atom stereocenters. The van der Waals surface area contributed by atoms with E-state index in [2.05, 4.69) is 0 Å². The number of aryl methyl sites for hydroxylation is 1. The highest BCUT2D eigenvalue weighted by Gasteiger charge is 2.25. The number of ether oxygens (including phenoxy) is 2. The summed E-state index contributed by atoms with van der Waals surface area (Å²) in [5.41, 5.74) is 1.99. The molecule has 26 heavy (non-hydrogen) atoms. The van der Waals surface area contributed by atoms with Gasteiger partial charge < -0.3 is 9.47 Å². The van der Waals surface area contributed by atoms with Crippen molar-refractivity contribution in [2.75, 3.05) is 7.11 Å². The van der Waals surface area contributed by atoms with Crippen molar-refractivity contribution in [1.82, 2.24) is 0 Å². The van der Waals surface area contributed by atoms with Crippen LogP contribution in [-0.2, 0) is 6.42 Å². The average molecular weight is 355 g/mol. The molecule has 134 valence electrons. The molecule has 0 bridgehead atoms. The molecule has 2 aromatic carbocycles. The van der Waals surface area contributed by atoms with Crippen LogP contribution in [0.4, 0.5) is 5.69 Å². The molecule has 7 nitrogen and oxygen atoms in total. The largest absolute Gasteiger partial charge is 0.490 e. The minimum atomic E-state index is -0.764. The number of hydrogen-bond donors (Lipinski definition) is 0. The molecule has 3 rings (SSSR count). The van der Waals surface area contributed by atoms with Crippen LogP contribution in [0.2, 0.25) is 0 Å². The molecule has 1 aliphatic rings.